The molecule has 0 bridgehead atoms. The number of benzene rings is 2. The van der Waals surface area contributed by atoms with Gasteiger partial charge in [-0.1, -0.05) is 36.4 Å². The van der Waals surface area contributed by atoms with Gasteiger partial charge in [-0.05, 0) is 33.6 Å². The van der Waals surface area contributed by atoms with Crippen LogP contribution in [-0.4, -0.2) is 32.5 Å². The highest BCUT2D eigenvalue weighted by molar-refractivity contribution is 6.22. The van der Waals surface area contributed by atoms with E-state index in [4.69, 9.17) is 0 Å². The standard InChI is InChI=1S/C17H12N2O5/c20-16(21)12(8-10-4-2-1-3-5-10)15(17(22)23)11-6-7-13-14(9-11)19-24-18-13/h1-7,9H,8H2,(H,20,21)(H,22,23)/b15-12-. The maximum atomic E-state index is 11.7. The summed E-state index contributed by atoms with van der Waals surface area (Å²) >= 11 is 0. The van der Waals surface area contributed by atoms with E-state index in [1.807, 2.05) is 0 Å². The van der Waals surface area contributed by atoms with Crippen LogP contribution in [0.2, 0.25) is 0 Å². The molecule has 1 heterocycles. The van der Waals surface area contributed by atoms with Crippen LogP contribution in [0.3, 0.4) is 0 Å². The number of carboxylic acid groups (broad SMARTS) is 2. The largest absolute Gasteiger partial charge is 0.478 e. The molecule has 7 nitrogen and oxygen atoms in total. The lowest BCUT2D eigenvalue weighted by atomic mass is 9.94. The van der Waals surface area contributed by atoms with Crippen molar-refractivity contribution < 1.29 is 24.4 Å². The molecule has 0 saturated carbocycles. The van der Waals surface area contributed by atoms with E-state index in [0.29, 0.717) is 16.6 Å². The lowest BCUT2D eigenvalue weighted by Crippen LogP contribution is -2.13. The monoisotopic (exact) mass is 324 g/mol. The molecule has 2 aromatic carbocycles. The van der Waals surface area contributed by atoms with Crippen molar-refractivity contribution in [2.24, 2.45) is 0 Å². The third-order valence-electron chi connectivity index (χ3n) is 3.54. The van der Waals surface area contributed by atoms with E-state index >= 15 is 0 Å². The maximum absolute atomic E-state index is 11.7. The molecule has 0 aliphatic rings. The minimum absolute atomic E-state index is 0.00703. The molecule has 0 saturated heterocycles. The topological polar surface area (TPSA) is 114 Å². The highest BCUT2D eigenvalue weighted by atomic mass is 16.6. The van der Waals surface area contributed by atoms with E-state index in [2.05, 4.69) is 14.9 Å². The Morgan fingerprint density at radius 2 is 1.62 bits per heavy atom. The van der Waals surface area contributed by atoms with E-state index in [1.165, 1.54) is 18.2 Å². The van der Waals surface area contributed by atoms with Crippen LogP contribution in [0.25, 0.3) is 16.6 Å². The first-order valence-corrected chi connectivity index (χ1v) is 7.02. The van der Waals surface area contributed by atoms with Crippen LogP contribution in [0.15, 0.2) is 58.7 Å². The van der Waals surface area contributed by atoms with E-state index < -0.39 is 11.9 Å². The first-order valence-electron chi connectivity index (χ1n) is 7.02. The number of carboxylic acids is 2. The van der Waals surface area contributed by atoms with Crippen molar-refractivity contribution in [1.82, 2.24) is 10.3 Å². The zero-order chi connectivity index (χ0) is 17.1. The summed E-state index contributed by atoms with van der Waals surface area (Å²) in [5.74, 6) is -2.60. The Bertz CT molecular complexity index is 944. The van der Waals surface area contributed by atoms with Crippen LogP contribution in [0.4, 0.5) is 0 Å². The Morgan fingerprint density at radius 1 is 0.917 bits per heavy atom. The van der Waals surface area contributed by atoms with Gasteiger partial charge in [0.2, 0.25) is 0 Å². The molecule has 0 unspecified atom stereocenters. The Hall–Kier alpha value is -3.48. The molecule has 3 aromatic rings. The fraction of sp³-hybridized carbons (Fsp3) is 0.0588. The van der Waals surface area contributed by atoms with Gasteiger partial charge in [-0.2, -0.15) is 0 Å². The number of carbonyl (C=O) groups is 2. The van der Waals surface area contributed by atoms with Crippen molar-refractivity contribution >= 4 is 28.5 Å². The number of hydrogen-bond donors (Lipinski definition) is 2. The smallest absolute Gasteiger partial charge is 0.336 e. The van der Waals surface area contributed by atoms with Crippen LogP contribution < -0.4 is 0 Å². The van der Waals surface area contributed by atoms with E-state index in [0.717, 1.165) is 0 Å². The zero-order valence-electron chi connectivity index (χ0n) is 12.3. The molecule has 0 spiro atoms. The van der Waals surface area contributed by atoms with Gasteiger partial charge in [-0.15, -0.1) is 0 Å². The van der Waals surface area contributed by atoms with Crippen LogP contribution in [0.1, 0.15) is 11.1 Å². The molecular weight excluding hydrogens is 312 g/mol. The average molecular weight is 324 g/mol. The molecule has 0 fully saturated rings. The molecule has 1 aromatic heterocycles. The first kappa shape index (κ1) is 15.4. The lowest BCUT2D eigenvalue weighted by Gasteiger charge is -2.09. The summed E-state index contributed by atoms with van der Waals surface area (Å²) in [7, 11) is 0. The van der Waals surface area contributed by atoms with Gasteiger partial charge in [-0.25, -0.2) is 14.2 Å². The molecule has 120 valence electrons. The van der Waals surface area contributed by atoms with Gasteiger partial charge in [0.05, 0.1) is 11.1 Å². The summed E-state index contributed by atoms with van der Waals surface area (Å²) in [5.41, 5.74) is 1.27. The molecule has 0 amide bonds. The number of aliphatic carboxylic acids is 2. The van der Waals surface area contributed by atoms with Crippen molar-refractivity contribution in [2.75, 3.05) is 0 Å². The molecule has 7 heteroatoms. The summed E-state index contributed by atoms with van der Waals surface area (Å²) in [6.07, 6.45) is -0.00703. The molecule has 0 radical (unpaired) electrons. The van der Waals surface area contributed by atoms with Crippen molar-refractivity contribution in [1.29, 1.82) is 0 Å². The summed E-state index contributed by atoms with van der Waals surface area (Å²) in [6, 6.07) is 13.3. The highest BCUT2D eigenvalue weighted by Crippen LogP contribution is 2.25. The molecular formula is C17H12N2O5. The fourth-order valence-electron chi connectivity index (χ4n) is 2.44. The van der Waals surface area contributed by atoms with Gasteiger partial charge in [0.1, 0.15) is 11.0 Å². The third-order valence-corrected chi connectivity index (χ3v) is 3.54. The highest BCUT2D eigenvalue weighted by Gasteiger charge is 2.23. The van der Waals surface area contributed by atoms with E-state index in [-0.39, 0.29) is 23.1 Å². The maximum Gasteiger partial charge on any atom is 0.336 e. The Labute approximate surface area is 135 Å². The second-order valence-corrected chi connectivity index (χ2v) is 5.09. The fourth-order valence-corrected chi connectivity index (χ4v) is 2.44. The van der Waals surface area contributed by atoms with Crippen molar-refractivity contribution in [3.05, 3.63) is 65.2 Å². The summed E-state index contributed by atoms with van der Waals surface area (Å²) < 4.78 is 4.58. The van der Waals surface area contributed by atoms with Crippen LogP contribution in [0, 0.1) is 0 Å². The number of rotatable bonds is 5. The molecule has 0 aliphatic heterocycles. The average Bonchev–Trinajstić information content (AvgIpc) is 3.02. The minimum atomic E-state index is -1.32. The Balaban J connectivity index is 2.15. The van der Waals surface area contributed by atoms with E-state index in [9.17, 15) is 19.8 Å². The van der Waals surface area contributed by atoms with Gasteiger partial charge in [0, 0.05) is 6.42 Å². The first-order chi connectivity index (χ1) is 11.6. The summed E-state index contributed by atoms with van der Waals surface area (Å²) in [5, 5.41) is 26.4. The predicted octanol–water partition coefficient (Wildman–Crippen LogP) is 2.39. The van der Waals surface area contributed by atoms with Gasteiger partial charge >= 0.3 is 11.9 Å². The van der Waals surface area contributed by atoms with Crippen LogP contribution >= 0.6 is 0 Å². The van der Waals surface area contributed by atoms with Crippen molar-refractivity contribution in [3.8, 4) is 0 Å². The van der Waals surface area contributed by atoms with Crippen molar-refractivity contribution in [2.45, 2.75) is 6.42 Å². The van der Waals surface area contributed by atoms with E-state index in [1.54, 1.807) is 30.3 Å². The second kappa shape index (κ2) is 6.33. The molecule has 24 heavy (non-hydrogen) atoms. The summed E-state index contributed by atoms with van der Waals surface area (Å²) in [4.78, 5) is 23.4. The predicted molar refractivity (Wildman–Crippen MR) is 84.1 cm³/mol. The number of fused-ring (bicyclic) bond motifs is 1. The number of aromatic nitrogens is 2. The molecule has 3 rings (SSSR count). The molecule has 2 N–H and O–H groups in total. The number of hydrogen-bond acceptors (Lipinski definition) is 5. The molecule has 0 aliphatic carbocycles. The minimum Gasteiger partial charge on any atom is -0.478 e. The van der Waals surface area contributed by atoms with Crippen molar-refractivity contribution in [3.63, 3.8) is 0 Å². The zero-order valence-corrected chi connectivity index (χ0v) is 12.3. The molecule has 0 atom stereocenters. The quantitative estimate of drug-likeness (QED) is 0.693. The third kappa shape index (κ3) is 3.00. The van der Waals surface area contributed by atoms with Gasteiger partial charge in [0.25, 0.3) is 0 Å². The normalized spacial score (nSPS) is 12.0. The Kier molecular flexibility index (Phi) is 4.07. The van der Waals surface area contributed by atoms with Gasteiger partial charge in [0.15, 0.2) is 0 Å². The second-order valence-electron chi connectivity index (χ2n) is 5.09. The lowest BCUT2D eigenvalue weighted by molar-refractivity contribution is -0.134. The van der Waals surface area contributed by atoms with Gasteiger partial charge in [-0.3, -0.25) is 0 Å². The van der Waals surface area contributed by atoms with Gasteiger partial charge < -0.3 is 10.2 Å². The van der Waals surface area contributed by atoms with Crippen LogP contribution in [-0.2, 0) is 16.0 Å². The Morgan fingerprint density at radius 3 is 2.29 bits per heavy atom. The number of nitrogens with zero attached hydrogens (tertiary/aromatic N) is 2. The SMILES string of the molecule is O=C(O)/C(Cc1ccccc1)=C(\C(=O)O)c1ccc2nonc2c1. The summed E-state index contributed by atoms with van der Waals surface area (Å²) in [6.45, 7) is 0. The van der Waals surface area contributed by atoms with Crippen LogP contribution in [0.5, 0.6) is 0 Å².